The molecule has 0 saturated carbocycles. The SMILES string of the molecule is NCc1c(N)nn(-c2cccc(Br)c2)c1N. The Morgan fingerprint density at radius 2 is 2.06 bits per heavy atom. The van der Waals surface area contributed by atoms with Crippen LogP contribution in [0.2, 0.25) is 0 Å². The van der Waals surface area contributed by atoms with Crippen molar-refractivity contribution in [2.45, 2.75) is 6.54 Å². The van der Waals surface area contributed by atoms with E-state index in [1.54, 1.807) is 4.68 Å². The quantitative estimate of drug-likeness (QED) is 0.772. The maximum Gasteiger partial charge on any atom is 0.152 e. The number of hydrogen-bond donors (Lipinski definition) is 3. The minimum absolute atomic E-state index is 0.283. The summed E-state index contributed by atoms with van der Waals surface area (Å²) >= 11 is 3.39. The summed E-state index contributed by atoms with van der Waals surface area (Å²) in [5.74, 6) is 0.859. The van der Waals surface area contributed by atoms with Crippen LogP contribution in [0.15, 0.2) is 28.7 Å². The number of nitrogen functional groups attached to an aromatic ring is 2. The first-order valence-corrected chi connectivity index (χ1v) is 5.51. The molecule has 2 aromatic rings. The molecule has 0 aliphatic carbocycles. The van der Waals surface area contributed by atoms with Crippen LogP contribution in [-0.4, -0.2) is 9.78 Å². The Hall–Kier alpha value is -1.53. The van der Waals surface area contributed by atoms with Crippen LogP contribution in [0.4, 0.5) is 11.6 Å². The van der Waals surface area contributed by atoms with Crippen molar-refractivity contribution in [3.63, 3.8) is 0 Å². The number of hydrogen-bond acceptors (Lipinski definition) is 4. The van der Waals surface area contributed by atoms with Gasteiger partial charge in [-0.15, -0.1) is 5.10 Å². The van der Waals surface area contributed by atoms with E-state index in [-0.39, 0.29) is 6.54 Å². The highest BCUT2D eigenvalue weighted by atomic mass is 79.9. The largest absolute Gasteiger partial charge is 0.383 e. The van der Waals surface area contributed by atoms with Crippen LogP contribution in [0.3, 0.4) is 0 Å². The summed E-state index contributed by atoms with van der Waals surface area (Å²) in [7, 11) is 0. The zero-order valence-corrected chi connectivity index (χ0v) is 10.1. The molecular weight excluding hydrogens is 270 g/mol. The van der Waals surface area contributed by atoms with Gasteiger partial charge in [0.25, 0.3) is 0 Å². The molecule has 0 fully saturated rings. The third-order valence-electron chi connectivity index (χ3n) is 2.31. The van der Waals surface area contributed by atoms with E-state index in [4.69, 9.17) is 17.2 Å². The number of rotatable bonds is 2. The maximum absolute atomic E-state index is 5.92. The van der Waals surface area contributed by atoms with Gasteiger partial charge in [-0.1, -0.05) is 22.0 Å². The van der Waals surface area contributed by atoms with E-state index in [9.17, 15) is 0 Å². The van der Waals surface area contributed by atoms with E-state index in [2.05, 4.69) is 21.0 Å². The van der Waals surface area contributed by atoms with E-state index < -0.39 is 0 Å². The van der Waals surface area contributed by atoms with Gasteiger partial charge in [-0.05, 0) is 18.2 Å². The Kier molecular flexibility index (Phi) is 2.84. The summed E-state index contributed by atoms with van der Waals surface area (Å²) in [5.41, 5.74) is 18.7. The van der Waals surface area contributed by atoms with Gasteiger partial charge >= 0.3 is 0 Å². The molecule has 0 atom stereocenters. The molecule has 0 spiro atoms. The fourth-order valence-corrected chi connectivity index (χ4v) is 1.88. The van der Waals surface area contributed by atoms with E-state index in [1.807, 2.05) is 24.3 Å². The van der Waals surface area contributed by atoms with Crippen molar-refractivity contribution >= 4 is 27.6 Å². The van der Waals surface area contributed by atoms with Crippen molar-refractivity contribution in [2.24, 2.45) is 5.73 Å². The standard InChI is InChI=1S/C10H12BrN5/c11-6-2-1-3-7(4-6)16-10(14)8(5-12)9(13)15-16/h1-4H,5,12,14H2,(H2,13,15). The third-order valence-corrected chi connectivity index (χ3v) is 2.80. The van der Waals surface area contributed by atoms with Gasteiger partial charge < -0.3 is 17.2 Å². The normalized spacial score (nSPS) is 10.6. The molecule has 0 radical (unpaired) electrons. The molecule has 84 valence electrons. The predicted octanol–water partition coefficient (Wildman–Crippen LogP) is 1.26. The van der Waals surface area contributed by atoms with Crippen molar-refractivity contribution in [3.8, 4) is 5.69 Å². The molecule has 6 N–H and O–H groups in total. The zero-order valence-electron chi connectivity index (χ0n) is 8.52. The number of anilines is 2. The Balaban J connectivity index is 2.56. The van der Waals surface area contributed by atoms with Gasteiger partial charge in [0.1, 0.15) is 5.82 Å². The maximum atomic E-state index is 5.92. The molecule has 1 aromatic carbocycles. The van der Waals surface area contributed by atoms with Gasteiger partial charge in [0.05, 0.1) is 11.3 Å². The lowest BCUT2D eigenvalue weighted by atomic mass is 10.3. The third kappa shape index (κ3) is 1.77. The molecule has 0 aliphatic rings. The van der Waals surface area contributed by atoms with Crippen LogP contribution < -0.4 is 17.2 Å². The average molecular weight is 282 g/mol. The molecular formula is C10H12BrN5. The van der Waals surface area contributed by atoms with Gasteiger partial charge in [-0.3, -0.25) is 0 Å². The second-order valence-electron chi connectivity index (χ2n) is 3.34. The fourth-order valence-electron chi connectivity index (χ4n) is 1.49. The lowest BCUT2D eigenvalue weighted by Gasteiger charge is -2.04. The fraction of sp³-hybridized carbons (Fsp3) is 0.100. The first-order chi connectivity index (χ1) is 7.63. The summed E-state index contributed by atoms with van der Waals surface area (Å²) in [6.07, 6.45) is 0. The summed E-state index contributed by atoms with van der Waals surface area (Å²) < 4.78 is 2.54. The molecule has 6 heteroatoms. The molecule has 1 heterocycles. The lowest BCUT2D eigenvalue weighted by molar-refractivity contribution is 0.895. The molecule has 1 aromatic heterocycles. The topological polar surface area (TPSA) is 95.9 Å². The first kappa shape index (κ1) is 11.0. The minimum atomic E-state index is 0.283. The predicted molar refractivity (Wildman–Crippen MR) is 68.0 cm³/mol. The molecule has 0 unspecified atom stereocenters. The van der Waals surface area contributed by atoms with E-state index in [1.165, 1.54) is 0 Å². The molecule has 0 saturated heterocycles. The number of benzene rings is 1. The van der Waals surface area contributed by atoms with Gasteiger partial charge in [0.15, 0.2) is 5.82 Å². The Morgan fingerprint density at radius 1 is 1.31 bits per heavy atom. The van der Waals surface area contributed by atoms with Gasteiger partial charge in [-0.2, -0.15) is 0 Å². The molecule has 5 nitrogen and oxygen atoms in total. The molecule has 0 amide bonds. The number of nitrogens with zero attached hydrogens (tertiary/aromatic N) is 2. The van der Waals surface area contributed by atoms with E-state index >= 15 is 0 Å². The Bertz CT molecular complexity index is 520. The highest BCUT2D eigenvalue weighted by Gasteiger charge is 2.12. The molecule has 16 heavy (non-hydrogen) atoms. The van der Waals surface area contributed by atoms with Crippen LogP contribution in [0, 0.1) is 0 Å². The first-order valence-electron chi connectivity index (χ1n) is 4.72. The van der Waals surface area contributed by atoms with Gasteiger partial charge in [0.2, 0.25) is 0 Å². The number of halogens is 1. The van der Waals surface area contributed by atoms with Crippen molar-refractivity contribution < 1.29 is 0 Å². The molecule has 0 aliphatic heterocycles. The van der Waals surface area contributed by atoms with Crippen LogP contribution in [0.1, 0.15) is 5.56 Å². The number of nitrogens with two attached hydrogens (primary N) is 3. The van der Waals surface area contributed by atoms with Crippen LogP contribution in [0.5, 0.6) is 0 Å². The second kappa shape index (κ2) is 4.15. The molecule has 2 rings (SSSR count). The summed E-state index contributed by atoms with van der Waals surface area (Å²) in [4.78, 5) is 0. The second-order valence-corrected chi connectivity index (χ2v) is 4.26. The zero-order chi connectivity index (χ0) is 11.7. The molecule has 0 bridgehead atoms. The minimum Gasteiger partial charge on any atom is -0.383 e. The van der Waals surface area contributed by atoms with Crippen molar-refractivity contribution in [1.29, 1.82) is 0 Å². The van der Waals surface area contributed by atoms with Gasteiger partial charge in [-0.25, -0.2) is 4.68 Å². The average Bonchev–Trinajstić information content (AvgIpc) is 2.54. The summed E-state index contributed by atoms with van der Waals surface area (Å²) in [5, 5.41) is 4.16. The van der Waals surface area contributed by atoms with Crippen LogP contribution >= 0.6 is 15.9 Å². The van der Waals surface area contributed by atoms with Crippen LogP contribution in [0.25, 0.3) is 5.69 Å². The van der Waals surface area contributed by atoms with E-state index in [0.29, 0.717) is 17.2 Å². The monoisotopic (exact) mass is 281 g/mol. The van der Waals surface area contributed by atoms with Crippen molar-refractivity contribution in [1.82, 2.24) is 9.78 Å². The summed E-state index contributed by atoms with van der Waals surface area (Å²) in [6.45, 7) is 0.283. The summed E-state index contributed by atoms with van der Waals surface area (Å²) in [6, 6.07) is 7.63. The van der Waals surface area contributed by atoms with Crippen molar-refractivity contribution in [2.75, 3.05) is 11.5 Å². The highest BCUT2D eigenvalue weighted by Crippen LogP contribution is 2.23. The highest BCUT2D eigenvalue weighted by molar-refractivity contribution is 9.10. The lowest BCUT2D eigenvalue weighted by Crippen LogP contribution is -2.05. The number of aromatic nitrogens is 2. The Morgan fingerprint density at radius 3 is 2.62 bits per heavy atom. The Labute approximate surface area is 101 Å². The van der Waals surface area contributed by atoms with Crippen LogP contribution in [-0.2, 0) is 6.54 Å². The smallest absolute Gasteiger partial charge is 0.152 e. The van der Waals surface area contributed by atoms with Gasteiger partial charge in [0, 0.05) is 11.0 Å². The van der Waals surface area contributed by atoms with E-state index in [0.717, 1.165) is 10.2 Å². The van der Waals surface area contributed by atoms with Crippen molar-refractivity contribution in [3.05, 3.63) is 34.3 Å².